The first-order valence-corrected chi connectivity index (χ1v) is 10.9. The standard InChI is InChI=1S/C25H22ClNO6/c1-4-32-19(28)12-14-9-10-18(17(26)11-14)27-24(30)20-21(25(27)31)23(33-13(2)3)16-8-6-5-7-15(16)22(20)29/h5-11,13,29H,4,12H2,1-3H3. The fourth-order valence-corrected chi connectivity index (χ4v) is 4.20. The third kappa shape index (κ3) is 3.89. The zero-order chi connectivity index (χ0) is 23.9. The Morgan fingerprint density at radius 3 is 2.36 bits per heavy atom. The van der Waals surface area contributed by atoms with Gasteiger partial charge in [-0.3, -0.25) is 14.4 Å². The molecule has 0 radical (unpaired) electrons. The van der Waals surface area contributed by atoms with Crippen molar-refractivity contribution in [3.05, 3.63) is 64.2 Å². The van der Waals surface area contributed by atoms with Gasteiger partial charge >= 0.3 is 5.97 Å². The molecule has 0 bridgehead atoms. The maximum Gasteiger partial charge on any atom is 0.310 e. The van der Waals surface area contributed by atoms with Crippen molar-refractivity contribution in [2.75, 3.05) is 11.5 Å². The maximum atomic E-state index is 13.5. The van der Waals surface area contributed by atoms with E-state index in [2.05, 4.69) is 0 Å². The highest BCUT2D eigenvalue weighted by Gasteiger charge is 2.43. The van der Waals surface area contributed by atoms with Crippen molar-refractivity contribution in [1.29, 1.82) is 0 Å². The molecular formula is C25H22ClNO6. The topological polar surface area (TPSA) is 93.1 Å². The van der Waals surface area contributed by atoms with Crippen LogP contribution in [0.5, 0.6) is 11.5 Å². The fourth-order valence-electron chi connectivity index (χ4n) is 3.91. The summed E-state index contributed by atoms with van der Waals surface area (Å²) in [5.74, 6) is -1.80. The fraction of sp³-hybridized carbons (Fsp3) is 0.240. The molecule has 2 amide bonds. The lowest BCUT2D eigenvalue weighted by atomic mass is 9.99. The SMILES string of the molecule is CCOC(=O)Cc1ccc(N2C(=O)c3c(c(OC(C)C)c4ccccc4c3O)C2=O)c(Cl)c1. The van der Waals surface area contributed by atoms with Crippen LogP contribution in [0, 0.1) is 0 Å². The first-order valence-electron chi connectivity index (χ1n) is 10.5. The van der Waals surface area contributed by atoms with E-state index < -0.39 is 17.8 Å². The van der Waals surface area contributed by atoms with E-state index in [1.54, 1.807) is 37.3 Å². The molecule has 0 atom stereocenters. The van der Waals surface area contributed by atoms with Gasteiger partial charge in [0.2, 0.25) is 0 Å². The summed E-state index contributed by atoms with van der Waals surface area (Å²) < 4.78 is 10.9. The lowest BCUT2D eigenvalue weighted by Gasteiger charge is -2.17. The smallest absolute Gasteiger partial charge is 0.310 e. The number of carbonyl (C=O) groups is 3. The molecule has 0 aromatic heterocycles. The Morgan fingerprint density at radius 2 is 1.73 bits per heavy atom. The molecule has 0 fully saturated rings. The Morgan fingerprint density at radius 1 is 1.06 bits per heavy atom. The molecule has 33 heavy (non-hydrogen) atoms. The monoisotopic (exact) mass is 467 g/mol. The number of aromatic hydroxyl groups is 1. The van der Waals surface area contributed by atoms with E-state index in [1.165, 1.54) is 12.1 Å². The van der Waals surface area contributed by atoms with Gasteiger partial charge in [0, 0.05) is 10.8 Å². The molecule has 0 saturated carbocycles. The summed E-state index contributed by atoms with van der Waals surface area (Å²) in [5.41, 5.74) is 0.600. The van der Waals surface area contributed by atoms with Gasteiger partial charge in [-0.15, -0.1) is 0 Å². The van der Waals surface area contributed by atoms with Crippen molar-refractivity contribution in [2.24, 2.45) is 0 Å². The van der Waals surface area contributed by atoms with Crippen molar-refractivity contribution < 1.29 is 29.0 Å². The Bertz CT molecular complexity index is 1300. The minimum atomic E-state index is -0.702. The van der Waals surface area contributed by atoms with Crippen LogP contribution >= 0.6 is 11.6 Å². The van der Waals surface area contributed by atoms with E-state index in [4.69, 9.17) is 21.1 Å². The minimum Gasteiger partial charge on any atom is -0.506 e. The van der Waals surface area contributed by atoms with E-state index in [-0.39, 0.29) is 52.5 Å². The van der Waals surface area contributed by atoms with Gasteiger partial charge in [0.1, 0.15) is 11.5 Å². The van der Waals surface area contributed by atoms with Crippen LogP contribution in [0.15, 0.2) is 42.5 Å². The predicted octanol–water partition coefficient (Wildman–Crippen LogP) is 4.89. The molecular weight excluding hydrogens is 446 g/mol. The van der Waals surface area contributed by atoms with Crippen LogP contribution in [0.25, 0.3) is 10.8 Å². The summed E-state index contributed by atoms with van der Waals surface area (Å²) in [6.07, 6.45) is -0.265. The summed E-state index contributed by atoms with van der Waals surface area (Å²) >= 11 is 6.42. The molecule has 1 aliphatic rings. The number of halogens is 1. The van der Waals surface area contributed by atoms with Crippen LogP contribution in [0.1, 0.15) is 47.1 Å². The molecule has 3 aromatic carbocycles. The molecule has 0 unspecified atom stereocenters. The molecule has 7 nitrogen and oxygen atoms in total. The van der Waals surface area contributed by atoms with Gasteiger partial charge in [-0.05, 0) is 38.5 Å². The highest BCUT2D eigenvalue weighted by atomic mass is 35.5. The van der Waals surface area contributed by atoms with Gasteiger partial charge in [0.15, 0.2) is 0 Å². The van der Waals surface area contributed by atoms with Gasteiger partial charge in [-0.2, -0.15) is 0 Å². The van der Waals surface area contributed by atoms with E-state index in [0.29, 0.717) is 16.3 Å². The van der Waals surface area contributed by atoms with Gasteiger partial charge in [0.05, 0.1) is 41.0 Å². The minimum absolute atomic E-state index is 0.00318. The third-order valence-corrected chi connectivity index (χ3v) is 5.54. The number of hydrogen-bond acceptors (Lipinski definition) is 6. The first kappa shape index (κ1) is 22.6. The Balaban J connectivity index is 1.82. The highest BCUT2D eigenvalue weighted by Crippen LogP contribution is 2.46. The molecule has 0 saturated heterocycles. The van der Waals surface area contributed by atoms with Crippen LogP contribution < -0.4 is 9.64 Å². The van der Waals surface area contributed by atoms with E-state index in [0.717, 1.165) is 4.90 Å². The van der Waals surface area contributed by atoms with Gasteiger partial charge in [0.25, 0.3) is 11.8 Å². The van der Waals surface area contributed by atoms with Crippen molar-refractivity contribution >= 4 is 45.8 Å². The lowest BCUT2D eigenvalue weighted by molar-refractivity contribution is -0.142. The maximum absolute atomic E-state index is 13.5. The average Bonchev–Trinajstić information content (AvgIpc) is 3.02. The van der Waals surface area contributed by atoms with E-state index >= 15 is 0 Å². The molecule has 1 N–H and O–H groups in total. The second kappa shape index (κ2) is 8.75. The number of fused-ring (bicyclic) bond motifs is 2. The normalized spacial score (nSPS) is 13.1. The Hall–Kier alpha value is -3.58. The quantitative estimate of drug-likeness (QED) is 0.409. The summed E-state index contributed by atoms with van der Waals surface area (Å²) in [6, 6.07) is 11.5. The number of anilines is 1. The number of rotatable bonds is 6. The van der Waals surface area contributed by atoms with Gasteiger partial charge in [-0.25, -0.2) is 4.90 Å². The molecule has 1 heterocycles. The number of amides is 2. The van der Waals surface area contributed by atoms with Crippen molar-refractivity contribution in [3.8, 4) is 11.5 Å². The van der Waals surface area contributed by atoms with E-state index in [1.807, 2.05) is 13.8 Å². The summed E-state index contributed by atoms with van der Waals surface area (Å²) in [4.78, 5) is 39.5. The Kier molecular flexibility index (Phi) is 5.99. The number of hydrogen-bond donors (Lipinski definition) is 1. The molecule has 1 aliphatic heterocycles. The zero-order valence-corrected chi connectivity index (χ0v) is 19.1. The lowest BCUT2D eigenvalue weighted by Crippen LogP contribution is -2.29. The van der Waals surface area contributed by atoms with Crippen molar-refractivity contribution in [1.82, 2.24) is 0 Å². The number of esters is 1. The highest BCUT2D eigenvalue weighted by molar-refractivity contribution is 6.41. The predicted molar refractivity (Wildman–Crippen MR) is 124 cm³/mol. The van der Waals surface area contributed by atoms with Gasteiger partial charge in [-0.1, -0.05) is 41.9 Å². The summed E-state index contributed by atoms with van der Waals surface area (Å²) in [7, 11) is 0. The summed E-state index contributed by atoms with van der Waals surface area (Å²) in [6.45, 7) is 5.60. The molecule has 170 valence electrons. The summed E-state index contributed by atoms with van der Waals surface area (Å²) in [5, 5.41) is 12.0. The first-order chi connectivity index (χ1) is 15.7. The number of phenols is 1. The third-order valence-electron chi connectivity index (χ3n) is 5.23. The van der Waals surface area contributed by atoms with Gasteiger partial charge < -0.3 is 14.6 Å². The molecule has 8 heteroatoms. The largest absolute Gasteiger partial charge is 0.506 e. The number of carbonyl (C=O) groups excluding carboxylic acids is 3. The molecule has 3 aromatic rings. The second-order valence-electron chi connectivity index (χ2n) is 7.85. The zero-order valence-electron chi connectivity index (χ0n) is 18.3. The van der Waals surface area contributed by atoms with Crippen molar-refractivity contribution in [2.45, 2.75) is 33.3 Å². The number of imide groups is 1. The average molecular weight is 468 g/mol. The molecule has 4 rings (SSSR count). The molecule has 0 aliphatic carbocycles. The van der Waals surface area contributed by atoms with Crippen LogP contribution in [0.2, 0.25) is 5.02 Å². The Labute approximate surface area is 195 Å². The van der Waals surface area contributed by atoms with Crippen LogP contribution in [0.3, 0.4) is 0 Å². The van der Waals surface area contributed by atoms with Crippen LogP contribution in [-0.4, -0.2) is 35.6 Å². The second-order valence-corrected chi connectivity index (χ2v) is 8.26. The van der Waals surface area contributed by atoms with E-state index in [9.17, 15) is 19.5 Å². The van der Waals surface area contributed by atoms with Crippen LogP contribution in [0.4, 0.5) is 5.69 Å². The number of nitrogens with zero attached hydrogens (tertiary/aromatic N) is 1. The van der Waals surface area contributed by atoms with Crippen molar-refractivity contribution in [3.63, 3.8) is 0 Å². The van der Waals surface area contributed by atoms with Crippen LogP contribution in [-0.2, 0) is 16.0 Å². The number of benzene rings is 3. The number of ether oxygens (including phenoxy) is 2. The number of phenolic OH excluding ortho intramolecular Hbond substituents is 1. The molecule has 0 spiro atoms.